The van der Waals surface area contributed by atoms with E-state index in [1.807, 2.05) is 36.4 Å². The lowest BCUT2D eigenvalue weighted by atomic mass is 9.78. The highest BCUT2D eigenvalue weighted by atomic mass is 35.5. The first-order valence-corrected chi connectivity index (χ1v) is 11.5. The van der Waals surface area contributed by atoms with Gasteiger partial charge < -0.3 is 19.7 Å². The van der Waals surface area contributed by atoms with E-state index in [4.69, 9.17) is 27.6 Å². The van der Waals surface area contributed by atoms with E-state index >= 15 is 0 Å². The smallest absolute Gasteiger partial charge is 0.306 e. The summed E-state index contributed by atoms with van der Waals surface area (Å²) in [6.45, 7) is 10.0. The Morgan fingerprint density at radius 1 is 1.21 bits per heavy atom. The third-order valence-electron chi connectivity index (χ3n) is 6.73. The highest BCUT2D eigenvalue weighted by molar-refractivity contribution is 6.32. The Kier molecular flexibility index (Phi) is 5.88. The SMILES string of the molecule is [C-]#[N+]c1ccc2c(N3CCC4(CC3)COC(=O)C4)nnc(NCc3ccc(OC)c(Cl)c3)c2c1. The maximum absolute atomic E-state index is 11.7. The number of carbonyl (C=O) groups excluding carboxylic acids is 1. The molecule has 2 aromatic carbocycles. The Bertz CT molecular complexity index is 1300. The molecule has 9 heteroatoms. The number of hydrogen-bond acceptors (Lipinski definition) is 7. The molecular weight excluding hydrogens is 454 g/mol. The number of fused-ring (bicyclic) bond motifs is 1. The van der Waals surface area contributed by atoms with Crippen LogP contribution in [0.15, 0.2) is 36.4 Å². The predicted molar refractivity (Wildman–Crippen MR) is 131 cm³/mol. The average Bonchev–Trinajstić information content (AvgIpc) is 3.22. The van der Waals surface area contributed by atoms with Crippen LogP contribution in [0.2, 0.25) is 5.02 Å². The third kappa shape index (κ3) is 4.19. The van der Waals surface area contributed by atoms with Crippen LogP contribution in [0.3, 0.4) is 0 Å². The molecule has 0 unspecified atom stereocenters. The van der Waals surface area contributed by atoms with Crippen molar-refractivity contribution in [3.05, 3.63) is 58.4 Å². The highest BCUT2D eigenvalue weighted by Crippen LogP contribution is 2.42. The number of esters is 1. The van der Waals surface area contributed by atoms with Crippen LogP contribution in [0, 0.1) is 12.0 Å². The van der Waals surface area contributed by atoms with Crippen molar-refractivity contribution in [3.63, 3.8) is 0 Å². The lowest BCUT2D eigenvalue weighted by Gasteiger charge is -2.38. The fourth-order valence-electron chi connectivity index (χ4n) is 4.72. The number of carbonyl (C=O) groups is 1. The van der Waals surface area contributed by atoms with E-state index < -0.39 is 0 Å². The summed E-state index contributed by atoms with van der Waals surface area (Å²) in [5.41, 5.74) is 1.47. The highest BCUT2D eigenvalue weighted by Gasteiger charge is 2.43. The molecular formula is C25H24ClN5O3. The molecule has 0 amide bonds. The van der Waals surface area contributed by atoms with Gasteiger partial charge in [0.2, 0.25) is 0 Å². The molecule has 2 aliphatic rings. The molecule has 0 aliphatic carbocycles. The van der Waals surface area contributed by atoms with Gasteiger partial charge in [-0.15, -0.1) is 10.2 Å². The number of nitrogens with one attached hydrogen (secondary N) is 1. The molecule has 2 fully saturated rings. The van der Waals surface area contributed by atoms with Gasteiger partial charge in [-0.3, -0.25) is 4.79 Å². The van der Waals surface area contributed by atoms with Crippen molar-refractivity contribution in [1.82, 2.24) is 10.2 Å². The van der Waals surface area contributed by atoms with E-state index in [-0.39, 0.29) is 11.4 Å². The van der Waals surface area contributed by atoms with E-state index in [9.17, 15) is 4.79 Å². The number of hydrogen-bond donors (Lipinski definition) is 1. The van der Waals surface area contributed by atoms with Gasteiger partial charge in [-0.25, -0.2) is 4.85 Å². The fraction of sp³-hybridized carbons (Fsp3) is 0.360. The zero-order valence-electron chi connectivity index (χ0n) is 18.8. The number of ether oxygens (including phenoxy) is 2. The maximum Gasteiger partial charge on any atom is 0.306 e. The topological polar surface area (TPSA) is 80.9 Å². The van der Waals surface area contributed by atoms with Crippen molar-refractivity contribution in [2.24, 2.45) is 5.41 Å². The lowest BCUT2D eigenvalue weighted by molar-refractivity contribution is -0.137. The maximum atomic E-state index is 11.7. The van der Waals surface area contributed by atoms with E-state index in [0.717, 1.165) is 48.1 Å². The molecule has 2 aliphatic heterocycles. The molecule has 34 heavy (non-hydrogen) atoms. The summed E-state index contributed by atoms with van der Waals surface area (Å²) in [6, 6.07) is 11.2. The Morgan fingerprint density at radius 3 is 2.71 bits per heavy atom. The van der Waals surface area contributed by atoms with E-state index in [1.54, 1.807) is 7.11 Å². The van der Waals surface area contributed by atoms with Crippen molar-refractivity contribution in [2.75, 3.05) is 37.0 Å². The molecule has 3 heterocycles. The molecule has 2 saturated heterocycles. The van der Waals surface area contributed by atoms with Gasteiger partial charge in [0.05, 0.1) is 31.7 Å². The van der Waals surface area contributed by atoms with Crippen molar-refractivity contribution >= 4 is 45.7 Å². The minimum atomic E-state index is -0.0982. The molecule has 1 aromatic heterocycles. The number of benzene rings is 2. The standard InChI is InChI=1S/C25H24ClN5O3/c1-27-17-4-5-18-19(12-17)23(28-14-16-3-6-21(33-2)20(26)11-16)29-30-24(18)31-9-7-25(8-10-31)13-22(32)34-15-25/h3-6,11-12H,7-10,13-15H2,2H3,(H,28,29). The largest absolute Gasteiger partial charge is 0.495 e. The molecule has 0 bridgehead atoms. The second-order valence-electron chi connectivity index (χ2n) is 8.86. The van der Waals surface area contributed by atoms with Crippen molar-refractivity contribution in [1.29, 1.82) is 0 Å². The van der Waals surface area contributed by atoms with Crippen molar-refractivity contribution < 1.29 is 14.3 Å². The van der Waals surface area contributed by atoms with E-state index in [0.29, 0.717) is 41.8 Å². The van der Waals surface area contributed by atoms with Crippen LogP contribution in [0.5, 0.6) is 5.75 Å². The first-order chi connectivity index (χ1) is 16.5. The monoisotopic (exact) mass is 477 g/mol. The third-order valence-corrected chi connectivity index (χ3v) is 7.03. The molecule has 5 rings (SSSR count). The fourth-order valence-corrected chi connectivity index (χ4v) is 5.00. The van der Waals surface area contributed by atoms with E-state index in [1.165, 1.54) is 0 Å². The van der Waals surface area contributed by atoms with Gasteiger partial charge in [-0.05, 0) is 36.6 Å². The molecule has 3 aromatic rings. The molecule has 0 saturated carbocycles. The first-order valence-electron chi connectivity index (χ1n) is 11.1. The number of anilines is 2. The lowest BCUT2D eigenvalue weighted by Crippen LogP contribution is -2.41. The summed E-state index contributed by atoms with van der Waals surface area (Å²) in [5.74, 6) is 1.93. The van der Waals surface area contributed by atoms with E-state index in [2.05, 4.69) is 25.3 Å². The number of piperidine rings is 1. The Morgan fingerprint density at radius 2 is 2.03 bits per heavy atom. The molecule has 174 valence electrons. The summed E-state index contributed by atoms with van der Waals surface area (Å²) < 4.78 is 10.5. The van der Waals surface area contributed by atoms with Crippen LogP contribution in [0.1, 0.15) is 24.8 Å². The number of halogens is 1. The summed E-state index contributed by atoms with van der Waals surface area (Å²) in [6.07, 6.45) is 2.25. The second kappa shape index (κ2) is 8.99. The van der Waals surface area contributed by atoms with Gasteiger partial charge >= 0.3 is 5.97 Å². The van der Waals surface area contributed by atoms with Crippen molar-refractivity contribution in [3.8, 4) is 5.75 Å². The number of cyclic esters (lactones) is 1. The number of aromatic nitrogens is 2. The van der Waals surface area contributed by atoms with Crippen LogP contribution in [-0.4, -0.2) is 43.0 Å². The normalized spacial score (nSPS) is 17.0. The van der Waals surface area contributed by atoms with Gasteiger partial charge in [0, 0.05) is 35.8 Å². The second-order valence-corrected chi connectivity index (χ2v) is 9.27. The number of methoxy groups -OCH3 is 1. The molecule has 1 N–H and O–H groups in total. The van der Waals surface area contributed by atoms with Crippen molar-refractivity contribution in [2.45, 2.75) is 25.8 Å². The first kappa shape index (κ1) is 22.2. The average molecular weight is 478 g/mol. The van der Waals surface area contributed by atoms with Crippen LogP contribution < -0.4 is 15.0 Å². The van der Waals surface area contributed by atoms with Crippen LogP contribution >= 0.6 is 11.6 Å². The zero-order chi connectivity index (χ0) is 23.7. The quantitative estimate of drug-likeness (QED) is 0.409. The van der Waals surface area contributed by atoms with Gasteiger partial charge in [0.15, 0.2) is 17.3 Å². The molecule has 0 radical (unpaired) electrons. The predicted octanol–water partition coefficient (Wildman–Crippen LogP) is 4.99. The van der Waals surface area contributed by atoms with Crippen LogP contribution in [0.25, 0.3) is 15.6 Å². The van der Waals surface area contributed by atoms with Gasteiger partial charge in [-0.1, -0.05) is 29.8 Å². The van der Waals surface area contributed by atoms with Crippen LogP contribution in [-0.2, 0) is 16.1 Å². The Labute approximate surface area is 202 Å². The van der Waals surface area contributed by atoms with Gasteiger partial charge in [0.25, 0.3) is 0 Å². The van der Waals surface area contributed by atoms with Gasteiger partial charge in [-0.2, -0.15) is 0 Å². The Hall–Kier alpha value is -3.57. The minimum absolute atomic E-state index is 0.0464. The summed E-state index contributed by atoms with van der Waals surface area (Å²) in [4.78, 5) is 17.5. The number of nitrogens with zero attached hydrogens (tertiary/aromatic N) is 4. The minimum Gasteiger partial charge on any atom is -0.495 e. The summed E-state index contributed by atoms with van der Waals surface area (Å²) in [7, 11) is 1.58. The molecule has 1 spiro atoms. The molecule has 0 atom stereocenters. The summed E-state index contributed by atoms with van der Waals surface area (Å²) >= 11 is 6.26. The molecule has 8 nitrogen and oxygen atoms in total. The zero-order valence-corrected chi connectivity index (χ0v) is 19.6. The Balaban J connectivity index is 1.41. The number of rotatable bonds is 5. The summed E-state index contributed by atoms with van der Waals surface area (Å²) in [5, 5.41) is 14.7. The van der Waals surface area contributed by atoms with Gasteiger partial charge in [0.1, 0.15) is 5.75 Å². The van der Waals surface area contributed by atoms with Crippen LogP contribution in [0.4, 0.5) is 17.3 Å².